The van der Waals surface area contributed by atoms with E-state index in [0.29, 0.717) is 13.0 Å². The average Bonchev–Trinajstić information content (AvgIpc) is 2.78. The van der Waals surface area contributed by atoms with Crippen LogP contribution in [0.25, 0.3) is 0 Å². The molecule has 0 aliphatic carbocycles. The number of carbonyl (C=O) groups is 1. The number of nitrogens with two attached hydrogens (primary N) is 1. The van der Waals surface area contributed by atoms with Crippen LogP contribution >= 0.6 is 0 Å². The molecule has 0 aliphatic heterocycles. The van der Waals surface area contributed by atoms with Crippen LogP contribution in [0, 0.1) is 5.92 Å². The minimum Gasteiger partial charge on any atom is -0.409 e. The predicted molar refractivity (Wildman–Crippen MR) is 66.9 cm³/mol. The molecule has 0 radical (unpaired) electrons. The van der Waals surface area contributed by atoms with E-state index in [1.54, 1.807) is 10.9 Å². The molecule has 0 bridgehead atoms. The molecule has 0 saturated carbocycles. The molecule has 0 aromatic carbocycles. The van der Waals surface area contributed by atoms with Gasteiger partial charge in [0.1, 0.15) is 0 Å². The number of rotatable bonds is 6. The van der Waals surface area contributed by atoms with Crippen LogP contribution in [0.2, 0.25) is 0 Å². The molecule has 1 aromatic rings. The third-order valence-corrected chi connectivity index (χ3v) is 2.58. The Bertz CT molecular complexity index is 427. The minimum absolute atomic E-state index is 0.0598. The standard InChI is InChI=1S/C11H19N5O2/c1-3-4-9(10(12)15-18)11(17)13-7-8-5-6-16(2)14-8/h5-6,9,18H,3-4,7H2,1-2H3,(H2,12,15)(H,13,17). The van der Waals surface area contributed by atoms with Crippen LogP contribution in [0.4, 0.5) is 0 Å². The molecule has 1 amide bonds. The molecule has 1 heterocycles. The van der Waals surface area contributed by atoms with Crippen molar-refractivity contribution in [2.45, 2.75) is 26.3 Å². The van der Waals surface area contributed by atoms with Crippen LogP contribution < -0.4 is 11.1 Å². The first kappa shape index (κ1) is 14.0. The van der Waals surface area contributed by atoms with Gasteiger partial charge in [-0.15, -0.1) is 0 Å². The van der Waals surface area contributed by atoms with Crippen molar-refractivity contribution in [3.05, 3.63) is 18.0 Å². The van der Waals surface area contributed by atoms with Crippen molar-refractivity contribution in [1.29, 1.82) is 0 Å². The molecule has 100 valence electrons. The Morgan fingerprint density at radius 3 is 2.94 bits per heavy atom. The summed E-state index contributed by atoms with van der Waals surface area (Å²) in [7, 11) is 1.81. The van der Waals surface area contributed by atoms with E-state index in [1.807, 2.05) is 20.0 Å². The summed E-state index contributed by atoms with van der Waals surface area (Å²) in [5.41, 5.74) is 6.26. The maximum atomic E-state index is 11.9. The summed E-state index contributed by atoms with van der Waals surface area (Å²) < 4.78 is 1.66. The Hall–Kier alpha value is -2.05. The maximum Gasteiger partial charge on any atom is 0.231 e. The van der Waals surface area contributed by atoms with Crippen molar-refractivity contribution in [2.75, 3.05) is 0 Å². The summed E-state index contributed by atoms with van der Waals surface area (Å²) in [5.74, 6) is -0.906. The zero-order valence-electron chi connectivity index (χ0n) is 10.6. The number of hydrogen-bond donors (Lipinski definition) is 3. The molecule has 0 saturated heterocycles. The number of aryl methyl sites for hydroxylation is 1. The molecule has 0 spiro atoms. The third-order valence-electron chi connectivity index (χ3n) is 2.58. The summed E-state index contributed by atoms with van der Waals surface area (Å²) in [4.78, 5) is 11.9. The van der Waals surface area contributed by atoms with Gasteiger partial charge in [-0.05, 0) is 12.5 Å². The topological polar surface area (TPSA) is 106 Å². The summed E-state index contributed by atoms with van der Waals surface area (Å²) >= 11 is 0. The van der Waals surface area contributed by atoms with Crippen molar-refractivity contribution in [3.8, 4) is 0 Å². The number of nitrogens with zero attached hydrogens (tertiary/aromatic N) is 3. The van der Waals surface area contributed by atoms with Crippen molar-refractivity contribution < 1.29 is 10.0 Å². The lowest BCUT2D eigenvalue weighted by Crippen LogP contribution is -2.38. The van der Waals surface area contributed by atoms with Crippen molar-refractivity contribution in [1.82, 2.24) is 15.1 Å². The summed E-state index contributed by atoms with van der Waals surface area (Å²) in [5, 5.41) is 18.4. The molecule has 0 aliphatic rings. The largest absolute Gasteiger partial charge is 0.409 e. The monoisotopic (exact) mass is 253 g/mol. The fourth-order valence-corrected chi connectivity index (χ4v) is 1.63. The first-order chi connectivity index (χ1) is 8.58. The molecular weight excluding hydrogens is 234 g/mol. The second kappa shape index (κ2) is 6.63. The normalized spacial score (nSPS) is 13.3. The quantitative estimate of drug-likeness (QED) is 0.291. The minimum atomic E-state index is -0.594. The van der Waals surface area contributed by atoms with Gasteiger partial charge in [0.2, 0.25) is 5.91 Å². The summed E-state index contributed by atoms with van der Waals surface area (Å²) in [6.45, 7) is 2.27. The highest BCUT2D eigenvalue weighted by molar-refractivity contribution is 6.01. The van der Waals surface area contributed by atoms with Gasteiger partial charge in [-0.3, -0.25) is 9.48 Å². The molecule has 1 aromatic heterocycles. The summed E-state index contributed by atoms with van der Waals surface area (Å²) in [6.07, 6.45) is 3.12. The Labute approximate surface area is 106 Å². The van der Waals surface area contributed by atoms with Gasteiger partial charge in [-0.1, -0.05) is 18.5 Å². The molecule has 0 fully saturated rings. The number of carbonyl (C=O) groups excluding carboxylic acids is 1. The molecule has 1 rings (SSSR count). The maximum absolute atomic E-state index is 11.9. The van der Waals surface area contributed by atoms with E-state index in [1.165, 1.54) is 0 Å². The number of amidine groups is 1. The first-order valence-electron chi connectivity index (χ1n) is 5.82. The number of amides is 1. The zero-order chi connectivity index (χ0) is 13.5. The van der Waals surface area contributed by atoms with E-state index in [2.05, 4.69) is 15.6 Å². The molecule has 1 unspecified atom stereocenters. The molecule has 18 heavy (non-hydrogen) atoms. The highest BCUT2D eigenvalue weighted by Crippen LogP contribution is 2.07. The highest BCUT2D eigenvalue weighted by atomic mass is 16.4. The Morgan fingerprint density at radius 1 is 1.72 bits per heavy atom. The number of nitrogens with one attached hydrogen (secondary N) is 1. The average molecular weight is 253 g/mol. The highest BCUT2D eigenvalue weighted by Gasteiger charge is 2.22. The lowest BCUT2D eigenvalue weighted by Gasteiger charge is -2.13. The number of aromatic nitrogens is 2. The molecule has 4 N–H and O–H groups in total. The van der Waals surface area contributed by atoms with Crippen LogP contribution in [0.15, 0.2) is 17.4 Å². The van der Waals surface area contributed by atoms with Crippen LogP contribution in [0.1, 0.15) is 25.5 Å². The van der Waals surface area contributed by atoms with Crippen LogP contribution in [0.5, 0.6) is 0 Å². The molecule has 7 heteroatoms. The summed E-state index contributed by atoms with van der Waals surface area (Å²) in [6, 6.07) is 1.82. The van der Waals surface area contributed by atoms with E-state index >= 15 is 0 Å². The Balaban J connectivity index is 2.56. The lowest BCUT2D eigenvalue weighted by molar-refractivity contribution is -0.123. The SMILES string of the molecule is CCCC(C(=O)NCc1ccn(C)n1)/C(N)=N/O. The van der Waals surface area contributed by atoms with Gasteiger partial charge in [0, 0.05) is 13.2 Å². The van der Waals surface area contributed by atoms with Gasteiger partial charge in [0.25, 0.3) is 0 Å². The smallest absolute Gasteiger partial charge is 0.231 e. The predicted octanol–water partition coefficient (Wildman–Crippen LogP) is 0.199. The van der Waals surface area contributed by atoms with Gasteiger partial charge in [0.15, 0.2) is 5.84 Å². The Kier molecular flexibility index (Phi) is 5.16. The van der Waals surface area contributed by atoms with Gasteiger partial charge in [0.05, 0.1) is 18.2 Å². The van der Waals surface area contributed by atoms with Crippen molar-refractivity contribution in [3.63, 3.8) is 0 Å². The van der Waals surface area contributed by atoms with E-state index < -0.39 is 5.92 Å². The lowest BCUT2D eigenvalue weighted by atomic mass is 10.0. The third kappa shape index (κ3) is 3.76. The van der Waals surface area contributed by atoms with Gasteiger partial charge >= 0.3 is 0 Å². The second-order valence-corrected chi connectivity index (χ2v) is 4.06. The van der Waals surface area contributed by atoms with Crippen LogP contribution in [-0.2, 0) is 18.4 Å². The molecular formula is C11H19N5O2. The number of oxime groups is 1. The second-order valence-electron chi connectivity index (χ2n) is 4.06. The first-order valence-corrected chi connectivity index (χ1v) is 5.82. The van der Waals surface area contributed by atoms with Crippen molar-refractivity contribution >= 4 is 11.7 Å². The van der Waals surface area contributed by atoms with Gasteiger partial charge in [-0.25, -0.2) is 0 Å². The number of hydrogen-bond acceptors (Lipinski definition) is 4. The molecule has 1 atom stereocenters. The fraction of sp³-hybridized carbons (Fsp3) is 0.545. The fourth-order valence-electron chi connectivity index (χ4n) is 1.63. The van der Waals surface area contributed by atoms with Crippen LogP contribution in [-0.4, -0.2) is 26.7 Å². The van der Waals surface area contributed by atoms with E-state index in [9.17, 15) is 4.79 Å². The van der Waals surface area contributed by atoms with Gasteiger partial charge in [-0.2, -0.15) is 5.10 Å². The van der Waals surface area contributed by atoms with E-state index in [0.717, 1.165) is 12.1 Å². The molecule has 7 nitrogen and oxygen atoms in total. The zero-order valence-corrected chi connectivity index (χ0v) is 10.6. The van der Waals surface area contributed by atoms with Crippen LogP contribution in [0.3, 0.4) is 0 Å². The van der Waals surface area contributed by atoms with E-state index in [-0.39, 0.29) is 11.7 Å². The Morgan fingerprint density at radius 2 is 2.44 bits per heavy atom. The van der Waals surface area contributed by atoms with E-state index in [4.69, 9.17) is 10.9 Å². The van der Waals surface area contributed by atoms with Crippen molar-refractivity contribution in [2.24, 2.45) is 23.9 Å². The van der Waals surface area contributed by atoms with Gasteiger partial charge < -0.3 is 16.3 Å².